The van der Waals surface area contributed by atoms with Crippen molar-refractivity contribution in [2.75, 3.05) is 0 Å². The predicted molar refractivity (Wildman–Crippen MR) is 58.7 cm³/mol. The molecular weight excluding hydrogens is 158 g/mol. The van der Waals surface area contributed by atoms with Crippen LogP contribution in [0, 0.1) is 5.92 Å². The fourth-order valence-electron chi connectivity index (χ4n) is 2.32. The second-order valence-corrected chi connectivity index (χ2v) is 5.38. The Kier molecular flexibility index (Phi) is 4.24. The fraction of sp³-hybridized carbons (Fsp3) is 1.00. The molecule has 1 fully saturated rings. The van der Waals surface area contributed by atoms with E-state index < -0.39 is 0 Å². The summed E-state index contributed by atoms with van der Waals surface area (Å²) in [5.41, 5.74) is 6.00. The molecule has 0 aromatic heterocycles. The summed E-state index contributed by atoms with van der Waals surface area (Å²) in [6.45, 7) is 4.27. The molecule has 0 unspecified atom stereocenters. The Morgan fingerprint density at radius 1 is 1.15 bits per heavy atom. The Bertz CT molecular complexity index is 129. The van der Waals surface area contributed by atoms with Gasteiger partial charge in [0.15, 0.2) is 0 Å². The molecule has 1 heteroatoms. The molecule has 1 nitrogen and oxygen atoms in total. The SMILES string of the molecule is CC(C)(N)CCCC1CCCCC1. The lowest BCUT2D eigenvalue weighted by molar-refractivity contribution is 0.316. The minimum atomic E-state index is 0.0503. The lowest BCUT2D eigenvalue weighted by atomic mass is 9.84. The van der Waals surface area contributed by atoms with Crippen molar-refractivity contribution >= 4 is 0 Å². The van der Waals surface area contributed by atoms with Crippen LogP contribution < -0.4 is 5.73 Å². The van der Waals surface area contributed by atoms with Gasteiger partial charge in [0.25, 0.3) is 0 Å². The zero-order valence-corrected chi connectivity index (χ0v) is 9.31. The summed E-state index contributed by atoms with van der Waals surface area (Å²) in [4.78, 5) is 0. The van der Waals surface area contributed by atoms with Gasteiger partial charge in [-0.15, -0.1) is 0 Å². The van der Waals surface area contributed by atoms with Crippen LogP contribution in [0.3, 0.4) is 0 Å². The van der Waals surface area contributed by atoms with Crippen molar-refractivity contribution in [3.63, 3.8) is 0 Å². The number of hydrogen-bond acceptors (Lipinski definition) is 1. The summed E-state index contributed by atoms with van der Waals surface area (Å²) in [6.07, 6.45) is 11.3. The quantitative estimate of drug-likeness (QED) is 0.709. The van der Waals surface area contributed by atoms with E-state index in [0.717, 1.165) is 5.92 Å². The van der Waals surface area contributed by atoms with Crippen molar-refractivity contribution in [3.8, 4) is 0 Å². The summed E-state index contributed by atoms with van der Waals surface area (Å²) in [7, 11) is 0. The van der Waals surface area contributed by atoms with E-state index in [1.807, 2.05) is 0 Å². The number of nitrogens with two attached hydrogens (primary N) is 1. The van der Waals surface area contributed by atoms with Crippen LogP contribution in [0.25, 0.3) is 0 Å². The predicted octanol–water partition coefficient (Wildman–Crippen LogP) is 3.47. The van der Waals surface area contributed by atoms with Gasteiger partial charge in [0.1, 0.15) is 0 Å². The fourth-order valence-corrected chi connectivity index (χ4v) is 2.32. The van der Waals surface area contributed by atoms with Crippen LogP contribution in [0.4, 0.5) is 0 Å². The maximum Gasteiger partial charge on any atom is 0.00970 e. The molecule has 0 amide bonds. The molecule has 0 aromatic carbocycles. The first kappa shape index (κ1) is 11.0. The minimum absolute atomic E-state index is 0.0503. The lowest BCUT2D eigenvalue weighted by Crippen LogP contribution is -2.31. The Hall–Kier alpha value is -0.0400. The van der Waals surface area contributed by atoms with Gasteiger partial charge in [0.05, 0.1) is 0 Å². The molecule has 13 heavy (non-hydrogen) atoms. The molecular formula is C12H25N. The molecule has 0 bridgehead atoms. The summed E-state index contributed by atoms with van der Waals surface area (Å²) in [6, 6.07) is 0. The molecule has 0 saturated heterocycles. The van der Waals surface area contributed by atoms with Gasteiger partial charge in [-0.2, -0.15) is 0 Å². The molecule has 1 aliphatic carbocycles. The molecule has 78 valence electrons. The number of hydrogen-bond donors (Lipinski definition) is 1. The molecule has 0 aliphatic heterocycles. The van der Waals surface area contributed by atoms with Gasteiger partial charge in [-0.3, -0.25) is 0 Å². The van der Waals surface area contributed by atoms with E-state index in [1.165, 1.54) is 51.4 Å². The van der Waals surface area contributed by atoms with Crippen molar-refractivity contribution in [3.05, 3.63) is 0 Å². The van der Waals surface area contributed by atoms with Crippen molar-refractivity contribution in [1.29, 1.82) is 0 Å². The molecule has 0 heterocycles. The molecule has 1 rings (SSSR count). The van der Waals surface area contributed by atoms with Crippen LogP contribution in [0.5, 0.6) is 0 Å². The highest BCUT2D eigenvalue weighted by molar-refractivity contribution is 4.73. The highest BCUT2D eigenvalue weighted by Gasteiger charge is 2.15. The summed E-state index contributed by atoms with van der Waals surface area (Å²) < 4.78 is 0. The van der Waals surface area contributed by atoms with Crippen LogP contribution in [0.15, 0.2) is 0 Å². The van der Waals surface area contributed by atoms with Gasteiger partial charge < -0.3 is 5.73 Å². The average Bonchev–Trinajstić information content (AvgIpc) is 2.04. The van der Waals surface area contributed by atoms with Gasteiger partial charge in [0, 0.05) is 5.54 Å². The minimum Gasteiger partial charge on any atom is -0.326 e. The highest BCUT2D eigenvalue weighted by Crippen LogP contribution is 2.28. The van der Waals surface area contributed by atoms with Crippen LogP contribution >= 0.6 is 0 Å². The van der Waals surface area contributed by atoms with Crippen molar-refractivity contribution in [1.82, 2.24) is 0 Å². The number of rotatable bonds is 4. The van der Waals surface area contributed by atoms with E-state index in [2.05, 4.69) is 13.8 Å². The standard InChI is InChI=1S/C12H25N/c1-12(2,13)10-6-9-11-7-4-3-5-8-11/h11H,3-10,13H2,1-2H3. The first-order valence-corrected chi connectivity index (χ1v) is 5.87. The lowest BCUT2D eigenvalue weighted by Gasteiger charge is -2.23. The smallest absolute Gasteiger partial charge is 0.00970 e. The van der Waals surface area contributed by atoms with Crippen LogP contribution in [-0.2, 0) is 0 Å². The maximum absolute atomic E-state index is 5.95. The Labute approximate surface area is 83.1 Å². The van der Waals surface area contributed by atoms with E-state index >= 15 is 0 Å². The third kappa shape index (κ3) is 5.30. The zero-order chi connectivity index (χ0) is 9.73. The Morgan fingerprint density at radius 2 is 1.77 bits per heavy atom. The first-order valence-electron chi connectivity index (χ1n) is 5.87. The van der Waals surface area contributed by atoms with E-state index in [4.69, 9.17) is 5.73 Å². The largest absolute Gasteiger partial charge is 0.326 e. The summed E-state index contributed by atoms with van der Waals surface area (Å²) in [5, 5.41) is 0. The van der Waals surface area contributed by atoms with Gasteiger partial charge >= 0.3 is 0 Å². The average molecular weight is 183 g/mol. The maximum atomic E-state index is 5.95. The summed E-state index contributed by atoms with van der Waals surface area (Å²) >= 11 is 0. The normalized spacial score (nSPS) is 20.5. The molecule has 1 saturated carbocycles. The van der Waals surface area contributed by atoms with E-state index in [0.29, 0.717) is 0 Å². The van der Waals surface area contributed by atoms with E-state index in [-0.39, 0.29) is 5.54 Å². The van der Waals surface area contributed by atoms with Crippen molar-refractivity contribution in [2.45, 2.75) is 70.8 Å². The molecule has 0 atom stereocenters. The van der Waals surface area contributed by atoms with E-state index in [1.54, 1.807) is 0 Å². The van der Waals surface area contributed by atoms with Gasteiger partial charge in [-0.25, -0.2) is 0 Å². The highest BCUT2D eigenvalue weighted by atomic mass is 14.7. The second-order valence-electron chi connectivity index (χ2n) is 5.38. The third-order valence-electron chi connectivity index (χ3n) is 3.16. The second kappa shape index (κ2) is 4.99. The molecule has 2 N–H and O–H groups in total. The van der Waals surface area contributed by atoms with Crippen molar-refractivity contribution in [2.24, 2.45) is 11.7 Å². The first-order chi connectivity index (χ1) is 6.08. The van der Waals surface area contributed by atoms with Gasteiger partial charge in [0.2, 0.25) is 0 Å². The van der Waals surface area contributed by atoms with Gasteiger partial charge in [-0.05, 0) is 26.2 Å². The van der Waals surface area contributed by atoms with Crippen molar-refractivity contribution < 1.29 is 0 Å². The van der Waals surface area contributed by atoms with E-state index in [9.17, 15) is 0 Å². The molecule has 0 spiro atoms. The molecule has 1 aliphatic rings. The van der Waals surface area contributed by atoms with Crippen LogP contribution in [0.2, 0.25) is 0 Å². The molecule has 0 aromatic rings. The summed E-state index contributed by atoms with van der Waals surface area (Å²) in [5.74, 6) is 1.02. The Morgan fingerprint density at radius 3 is 2.31 bits per heavy atom. The van der Waals surface area contributed by atoms with Crippen LogP contribution in [-0.4, -0.2) is 5.54 Å². The monoisotopic (exact) mass is 183 g/mol. The topological polar surface area (TPSA) is 26.0 Å². The van der Waals surface area contributed by atoms with Gasteiger partial charge in [-0.1, -0.05) is 44.9 Å². The third-order valence-corrected chi connectivity index (χ3v) is 3.16. The zero-order valence-electron chi connectivity index (χ0n) is 9.31. The molecule has 0 radical (unpaired) electrons. The van der Waals surface area contributed by atoms with Crippen LogP contribution in [0.1, 0.15) is 65.2 Å². The Balaban J connectivity index is 2.04.